The maximum absolute atomic E-state index is 13.1. The lowest BCUT2D eigenvalue weighted by molar-refractivity contribution is 0.395. The van der Waals surface area contributed by atoms with Gasteiger partial charge in [-0.05, 0) is 0 Å². The maximum Gasteiger partial charge on any atom is 0.265 e. The summed E-state index contributed by atoms with van der Waals surface area (Å²) in [5, 5.41) is 0. The molecule has 8 heteroatoms. The van der Waals surface area contributed by atoms with E-state index in [2.05, 4.69) is 6.58 Å². The molecule has 0 aromatic heterocycles. The minimum atomic E-state index is -4.76. The van der Waals surface area contributed by atoms with Gasteiger partial charge in [-0.25, -0.2) is 26.0 Å². The third-order valence-electron chi connectivity index (χ3n) is 1.71. The first kappa shape index (κ1) is 13.0. The Morgan fingerprint density at radius 3 is 1.81 bits per heavy atom. The van der Waals surface area contributed by atoms with Crippen LogP contribution in [0.5, 0.6) is 0 Å². The van der Waals surface area contributed by atoms with E-state index in [1.165, 1.54) is 0 Å². The fraction of sp³-hybridized carbons (Fsp3) is 0. The van der Waals surface area contributed by atoms with Gasteiger partial charge in [0.25, 0.3) is 9.05 Å². The largest absolute Gasteiger partial charge is 0.265 e. The molecule has 16 heavy (non-hydrogen) atoms. The van der Waals surface area contributed by atoms with Crippen molar-refractivity contribution in [3.8, 4) is 0 Å². The summed E-state index contributed by atoms with van der Waals surface area (Å²) >= 11 is 0. The summed E-state index contributed by atoms with van der Waals surface area (Å²) in [4.78, 5) is -1.47. The summed E-state index contributed by atoms with van der Waals surface area (Å²) in [7, 11) is 0.0140. The number of hydrogen-bond donors (Lipinski definition) is 0. The van der Waals surface area contributed by atoms with Crippen molar-refractivity contribution in [1.29, 1.82) is 0 Å². The molecule has 0 fully saturated rings. The molecule has 0 aliphatic rings. The molecule has 0 bridgehead atoms. The Kier molecular flexibility index (Phi) is 3.30. The van der Waals surface area contributed by atoms with Crippen molar-refractivity contribution < 1.29 is 26.0 Å². The highest BCUT2D eigenvalue weighted by molar-refractivity contribution is 8.13. The third-order valence-corrected chi connectivity index (χ3v) is 3.06. The molecule has 0 aliphatic heterocycles. The van der Waals surface area contributed by atoms with Crippen LogP contribution in [-0.4, -0.2) is 8.42 Å². The SMILES string of the molecule is C=Cc1c(F)c(F)c(F)c(F)c1S(=O)(=O)Cl. The van der Waals surface area contributed by atoms with E-state index < -0.39 is 42.8 Å². The van der Waals surface area contributed by atoms with Crippen LogP contribution in [-0.2, 0) is 9.05 Å². The van der Waals surface area contributed by atoms with Crippen LogP contribution in [0.15, 0.2) is 11.5 Å². The molecule has 1 rings (SSSR count). The van der Waals surface area contributed by atoms with Crippen LogP contribution < -0.4 is 0 Å². The minimum Gasteiger partial charge on any atom is -0.207 e. The van der Waals surface area contributed by atoms with Gasteiger partial charge in [0.15, 0.2) is 23.3 Å². The van der Waals surface area contributed by atoms with E-state index in [1.807, 2.05) is 0 Å². The van der Waals surface area contributed by atoms with Gasteiger partial charge in [0.05, 0.1) is 0 Å². The van der Waals surface area contributed by atoms with Crippen molar-refractivity contribution in [3.05, 3.63) is 35.4 Å². The van der Waals surface area contributed by atoms with Gasteiger partial charge in [-0.3, -0.25) is 0 Å². The van der Waals surface area contributed by atoms with E-state index in [-0.39, 0.29) is 0 Å². The quantitative estimate of drug-likeness (QED) is 0.360. The molecule has 0 saturated heterocycles. The minimum absolute atomic E-state index is 0.524. The molecule has 2 nitrogen and oxygen atoms in total. The molecule has 0 N–H and O–H groups in total. The van der Waals surface area contributed by atoms with Gasteiger partial charge in [0.2, 0.25) is 0 Å². The lowest BCUT2D eigenvalue weighted by atomic mass is 10.2. The van der Waals surface area contributed by atoms with Gasteiger partial charge in [0, 0.05) is 16.2 Å². The average molecular weight is 275 g/mol. The molecule has 0 spiro atoms. The van der Waals surface area contributed by atoms with Crippen LogP contribution in [0.3, 0.4) is 0 Å². The van der Waals surface area contributed by atoms with Gasteiger partial charge >= 0.3 is 0 Å². The topological polar surface area (TPSA) is 34.1 Å². The summed E-state index contributed by atoms with van der Waals surface area (Å²) in [6, 6.07) is 0. The smallest absolute Gasteiger partial charge is 0.207 e. The van der Waals surface area contributed by atoms with Gasteiger partial charge in [-0.1, -0.05) is 12.7 Å². The highest BCUT2D eigenvalue weighted by atomic mass is 35.7. The van der Waals surface area contributed by atoms with Crippen LogP contribution in [0.2, 0.25) is 0 Å². The van der Waals surface area contributed by atoms with E-state index in [0.717, 1.165) is 0 Å². The van der Waals surface area contributed by atoms with Crippen molar-refractivity contribution in [2.45, 2.75) is 4.90 Å². The third kappa shape index (κ3) is 1.92. The average Bonchev–Trinajstić information content (AvgIpc) is 2.18. The van der Waals surface area contributed by atoms with Crippen molar-refractivity contribution in [2.24, 2.45) is 0 Å². The summed E-state index contributed by atoms with van der Waals surface area (Å²) in [5.41, 5.74) is -1.05. The number of halogens is 5. The lowest BCUT2D eigenvalue weighted by Crippen LogP contribution is -2.08. The zero-order chi connectivity index (χ0) is 12.7. The Labute approximate surface area is 92.6 Å². The summed E-state index contributed by atoms with van der Waals surface area (Å²) in [5.74, 6) is -8.32. The first-order valence-corrected chi connectivity index (χ1v) is 5.95. The monoisotopic (exact) mass is 274 g/mol. The fourth-order valence-corrected chi connectivity index (χ4v) is 2.24. The Morgan fingerprint density at radius 1 is 1.00 bits per heavy atom. The predicted molar refractivity (Wildman–Crippen MR) is 49.4 cm³/mol. The molecule has 0 saturated carbocycles. The normalized spacial score (nSPS) is 11.6. The number of hydrogen-bond acceptors (Lipinski definition) is 2. The molecule has 1 aromatic rings. The van der Waals surface area contributed by atoms with Gasteiger partial charge < -0.3 is 0 Å². The first-order valence-electron chi connectivity index (χ1n) is 3.64. The van der Waals surface area contributed by atoms with Crippen LogP contribution in [0.25, 0.3) is 6.08 Å². The number of rotatable bonds is 2. The van der Waals surface area contributed by atoms with Crippen LogP contribution in [0.1, 0.15) is 5.56 Å². The van der Waals surface area contributed by atoms with E-state index in [4.69, 9.17) is 10.7 Å². The molecule has 0 heterocycles. The molecule has 1 aromatic carbocycles. The second-order valence-electron chi connectivity index (χ2n) is 2.64. The van der Waals surface area contributed by atoms with Gasteiger partial charge in [-0.2, -0.15) is 0 Å². The Bertz CT molecular complexity index is 568. The fourth-order valence-electron chi connectivity index (χ4n) is 1.05. The van der Waals surface area contributed by atoms with E-state index >= 15 is 0 Å². The summed E-state index contributed by atoms with van der Waals surface area (Å²) in [6.45, 7) is 2.96. The number of benzene rings is 1. The molecule has 88 valence electrons. The highest BCUT2D eigenvalue weighted by Gasteiger charge is 2.30. The van der Waals surface area contributed by atoms with Gasteiger partial charge in [0.1, 0.15) is 4.90 Å². The molecule has 0 unspecified atom stereocenters. The highest BCUT2D eigenvalue weighted by Crippen LogP contribution is 2.30. The van der Waals surface area contributed by atoms with Crippen molar-refractivity contribution in [3.63, 3.8) is 0 Å². The molecule has 0 aliphatic carbocycles. The summed E-state index contributed by atoms with van der Waals surface area (Å²) in [6.07, 6.45) is 0.524. The van der Waals surface area contributed by atoms with Crippen LogP contribution >= 0.6 is 10.7 Å². The standard InChI is InChI=1S/C8H3ClF4O2S/c1-2-3-4(10)5(11)6(12)7(13)8(3)16(9,14)15/h2H,1H2. The Hall–Kier alpha value is -1.08. The molecule has 0 atom stereocenters. The zero-order valence-electron chi connectivity index (χ0n) is 7.40. The van der Waals surface area contributed by atoms with Crippen molar-refractivity contribution in [1.82, 2.24) is 0 Å². The zero-order valence-corrected chi connectivity index (χ0v) is 8.97. The van der Waals surface area contributed by atoms with Crippen molar-refractivity contribution in [2.75, 3.05) is 0 Å². The first-order chi connectivity index (χ1) is 7.21. The Balaban J connectivity index is 3.94. The summed E-state index contributed by atoms with van der Waals surface area (Å²) < 4.78 is 73.4. The molecular formula is C8H3ClF4O2S. The van der Waals surface area contributed by atoms with Crippen LogP contribution in [0.4, 0.5) is 17.6 Å². The van der Waals surface area contributed by atoms with Crippen LogP contribution in [0, 0.1) is 23.3 Å². The molecular weight excluding hydrogens is 272 g/mol. The molecule has 0 amide bonds. The molecule has 0 radical (unpaired) electrons. The van der Waals surface area contributed by atoms with E-state index in [9.17, 15) is 26.0 Å². The lowest BCUT2D eigenvalue weighted by Gasteiger charge is -2.07. The van der Waals surface area contributed by atoms with E-state index in [1.54, 1.807) is 0 Å². The maximum atomic E-state index is 13.1. The second kappa shape index (κ2) is 4.06. The predicted octanol–water partition coefficient (Wildman–Crippen LogP) is 2.81. The van der Waals surface area contributed by atoms with Gasteiger partial charge in [-0.15, -0.1) is 0 Å². The Morgan fingerprint density at radius 2 is 1.44 bits per heavy atom. The van der Waals surface area contributed by atoms with E-state index in [0.29, 0.717) is 6.08 Å². The second-order valence-corrected chi connectivity index (χ2v) is 5.14. The van der Waals surface area contributed by atoms with Crippen molar-refractivity contribution >= 4 is 25.8 Å².